The monoisotopic (exact) mass is 582 g/mol. The van der Waals surface area contributed by atoms with Gasteiger partial charge >= 0.3 is 5.69 Å². The number of anilines is 4. The van der Waals surface area contributed by atoms with E-state index in [1.165, 1.54) is 6.33 Å². The Bertz CT molecular complexity index is 1490. The second-order valence-electron chi connectivity index (χ2n) is 7.71. The predicted molar refractivity (Wildman–Crippen MR) is 144 cm³/mol. The van der Waals surface area contributed by atoms with Crippen molar-refractivity contribution >= 4 is 67.8 Å². The maximum atomic E-state index is 12.0. The molecule has 3 aromatic carbocycles. The molecule has 1 atom stereocenters. The van der Waals surface area contributed by atoms with Gasteiger partial charge in [0.05, 0.1) is 22.6 Å². The van der Waals surface area contributed by atoms with Gasteiger partial charge in [0.1, 0.15) is 6.33 Å². The SMILES string of the molecule is Cc1cc(C(C#N)c2ccc(Cl)cc2)c(Cl)cc1Nc1ncnc(Nc2ccccc2Br)c1[N+](=O)[O-]. The van der Waals surface area contributed by atoms with E-state index in [-0.39, 0.29) is 17.3 Å². The van der Waals surface area contributed by atoms with Gasteiger partial charge in [-0.15, -0.1) is 0 Å². The molecule has 0 saturated carbocycles. The molecule has 0 aliphatic carbocycles. The molecule has 0 bridgehead atoms. The van der Waals surface area contributed by atoms with Crippen LogP contribution in [0.15, 0.2) is 71.5 Å². The first-order chi connectivity index (χ1) is 17.3. The molecule has 0 amide bonds. The summed E-state index contributed by atoms with van der Waals surface area (Å²) in [5.41, 5.74) is 2.86. The van der Waals surface area contributed by atoms with Crippen LogP contribution in [0.3, 0.4) is 0 Å². The Kier molecular flexibility index (Phi) is 7.70. The summed E-state index contributed by atoms with van der Waals surface area (Å²) in [7, 11) is 0. The summed E-state index contributed by atoms with van der Waals surface area (Å²) in [4.78, 5) is 19.6. The number of aryl methyl sites for hydroxylation is 1. The van der Waals surface area contributed by atoms with E-state index in [1.807, 2.05) is 13.0 Å². The van der Waals surface area contributed by atoms with Crippen LogP contribution in [0.2, 0.25) is 10.0 Å². The Balaban J connectivity index is 1.70. The van der Waals surface area contributed by atoms with E-state index < -0.39 is 10.8 Å². The maximum Gasteiger partial charge on any atom is 0.353 e. The molecule has 0 fully saturated rings. The van der Waals surface area contributed by atoms with Crippen molar-refractivity contribution in [3.63, 3.8) is 0 Å². The molecule has 1 aromatic heterocycles. The van der Waals surface area contributed by atoms with E-state index in [1.54, 1.807) is 54.6 Å². The molecule has 180 valence electrons. The number of nitrogens with zero attached hydrogens (tertiary/aromatic N) is 4. The second kappa shape index (κ2) is 10.9. The quantitative estimate of drug-likeness (QED) is 0.168. The number of hydrogen-bond donors (Lipinski definition) is 2. The van der Waals surface area contributed by atoms with Crippen LogP contribution < -0.4 is 10.6 Å². The van der Waals surface area contributed by atoms with Gasteiger partial charge < -0.3 is 10.6 Å². The van der Waals surface area contributed by atoms with Crippen molar-refractivity contribution in [2.75, 3.05) is 10.6 Å². The number of rotatable bonds is 7. The Morgan fingerprint density at radius 2 is 1.67 bits per heavy atom. The molecule has 1 heterocycles. The largest absolute Gasteiger partial charge is 0.353 e. The van der Waals surface area contributed by atoms with Crippen molar-refractivity contribution < 1.29 is 4.92 Å². The Morgan fingerprint density at radius 1 is 1.03 bits per heavy atom. The molecule has 0 spiro atoms. The van der Waals surface area contributed by atoms with Gasteiger partial charge in [0.2, 0.25) is 11.6 Å². The molecule has 4 aromatic rings. The van der Waals surface area contributed by atoms with Crippen molar-refractivity contribution in [2.24, 2.45) is 0 Å². The lowest BCUT2D eigenvalue weighted by molar-refractivity contribution is -0.383. The summed E-state index contributed by atoms with van der Waals surface area (Å²) in [6.45, 7) is 1.81. The topological polar surface area (TPSA) is 117 Å². The van der Waals surface area contributed by atoms with Crippen LogP contribution in [0.5, 0.6) is 0 Å². The molecule has 11 heteroatoms. The number of nitriles is 1. The van der Waals surface area contributed by atoms with Gasteiger partial charge in [-0.1, -0.05) is 53.5 Å². The van der Waals surface area contributed by atoms with E-state index in [0.29, 0.717) is 27.0 Å². The van der Waals surface area contributed by atoms with E-state index in [2.05, 4.69) is 42.6 Å². The normalized spacial score (nSPS) is 11.4. The highest BCUT2D eigenvalue weighted by atomic mass is 79.9. The highest BCUT2D eigenvalue weighted by Crippen LogP contribution is 2.38. The Labute approximate surface area is 225 Å². The third-order valence-corrected chi connectivity index (χ3v) is 6.64. The summed E-state index contributed by atoms with van der Waals surface area (Å²) in [5.74, 6) is -0.598. The fourth-order valence-electron chi connectivity index (χ4n) is 3.59. The minimum Gasteiger partial charge on any atom is -0.334 e. The molecule has 0 saturated heterocycles. The van der Waals surface area contributed by atoms with Crippen molar-refractivity contribution in [1.82, 2.24) is 9.97 Å². The molecule has 0 radical (unpaired) electrons. The first-order valence-corrected chi connectivity index (χ1v) is 12.1. The van der Waals surface area contributed by atoms with Crippen LogP contribution >= 0.6 is 39.1 Å². The molecule has 1 unspecified atom stereocenters. The zero-order chi connectivity index (χ0) is 25.8. The molecule has 8 nitrogen and oxygen atoms in total. The number of halogens is 3. The van der Waals surface area contributed by atoms with Crippen LogP contribution in [-0.4, -0.2) is 14.9 Å². The molecule has 36 heavy (non-hydrogen) atoms. The van der Waals surface area contributed by atoms with Crippen molar-refractivity contribution in [3.8, 4) is 6.07 Å². The fraction of sp³-hybridized carbons (Fsp3) is 0.0800. The third kappa shape index (κ3) is 5.41. The van der Waals surface area contributed by atoms with Crippen LogP contribution in [-0.2, 0) is 0 Å². The molecular weight excluding hydrogens is 567 g/mol. The lowest BCUT2D eigenvalue weighted by Gasteiger charge is -2.17. The van der Waals surface area contributed by atoms with Crippen LogP contribution in [0.4, 0.5) is 28.7 Å². The van der Waals surface area contributed by atoms with Gasteiger partial charge in [-0.25, -0.2) is 9.97 Å². The molecule has 4 rings (SSSR count). The second-order valence-corrected chi connectivity index (χ2v) is 9.41. The maximum absolute atomic E-state index is 12.0. The van der Waals surface area contributed by atoms with Crippen molar-refractivity contribution in [3.05, 3.63) is 108 Å². The van der Waals surface area contributed by atoms with Gasteiger partial charge in [-0.05, 0) is 69.9 Å². The molecular formula is C25H17BrCl2N6O2. The highest BCUT2D eigenvalue weighted by molar-refractivity contribution is 9.10. The summed E-state index contributed by atoms with van der Waals surface area (Å²) in [6.07, 6.45) is 1.23. The summed E-state index contributed by atoms with van der Waals surface area (Å²) < 4.78 is 0.721. The van der Waals surface area contributed by atoms with E-state index >= 15 is 0 Å². The van der Waals surface area contributed by atoms with Crippen LogP contribution in [0.1, 0.15) is 22.6 Å². The van der Waals surface area contributed by atoms with E-state index in [9.17, 15) is 15.4 Å². The predicted octanol–water partition coefficient (Wildman–Crippen LogP) is 7.91. The number of para-hydroxylation sites is 1. The zero-order valence-corrected chi connectivity index (χ0v) is 21.8. The van der Waals surface area contributed by atoms with Gasteiger partial charge in [0.25, 0.3) is 0 Å². The van der Waals surface area contributed by atoms with Gasteiger partial charge in [0, 0.05) is 20.2 Å². The Morgan fingerprint density at radius 3 is 2.28 bits per heavy atom. The van der Waals surface area contributed by atoms with Gasteiger partial charge in [0.15, 0.2) is 0 Å². The Hall–Kier alpha value is -3.71. The van der Waals surface area contributed by atoms with Crippen molar-refractivity contribution in [1.29, 1.82) is 5.26 Å². The average molecular weight is 584 g/mol. The number of nitrogens with one attached hydrogen (secondary N) is 2. The summed E-state index contributed by atoms with van der Waals surface area (Å²) in [5, 5.41) is 28.7. The smallest absolute Gasteiger partial charge is 0.334 e. The zero-order valence-electron chi connectivity index (χ0n) is 18.7. The van der Waals surface area contributed by atoms with Crippen molar-refractivity contribution in [2.45, 2.75) is 12.8 Å². The van der Waals surface area contributed by atoms with Gasteiger partial charge in [-0.3, -0.25) is 10.1 Å². The van der Waals surface area contributed by atoms with Gasteiger partial charge in [-0.2, -0.15) is 5.26 Å². The minimum atomic E-state index is -0.615. The standard InChI is InChI=1S/C25H17BrCl2N6O2/c1-14-10-17(18(12-29)15-6-8-16(27)9-7-15)20(28)11-22(14)33-25-23(34(35)36)24(30-13-31-25)32-21-5-3-2-4-19(21)26/h2-11,13,18H,1H3,(H2,30,31,32,33). The van der Waals surface area contributed by atoms with Crippen LogP contribution in [0.25, 0.3) is 0 Å². The fourth-order valence-corrected chi connectivity index (χ4v) is 4.37. The number of nitro groups is 1. The molecule has 2 N–H and O–H groups in total. The number of hydrogen-bond acceptors (Lipinski definition) is 7. The lowest BCUT2D eigenvalue weighted by atomic mass is 9.91. The summed E-state index contributed by atoms with van der Waals surface area (Å²) in [6, 6.07) is 19.9. The average Bonchev–Trinajstić information content (AvgIpc) is 2.85. The minimum absolute atomic E-state index is 0.00833. The molecule has 0 aliphatic rings. The number of benzene rings is 3. The first kappa shape index (κ1) is 25.4. The summed E-state index contributed by atoms with van der Waals surface area (Å²) >= 11 is 16.0. The van der Waals surface area contributed by atoms with E-state index in [0.717, 1.165) is 15.6 Å². The highest BCUT2D eigenvalue weighted by Gasteiger charge is 2.25. The lowest BCUT2D eigenvalue weighted by Crippen LogP contribution is -2.07. The third-order valence-electron chi connectivity index (χ3n) is 5.37. The van der Waals surface area contributed by atoms with Crippen LogP contribution in [0, 0.1) is 28.4 Å². The molecule has 0 aliphatic heterocycles. The van der Waals surface area contributed by atoms with E-state index in [4.69, 9.17) is 23.2 Å². The number of aromatic nitrogens is 2. The first-order valence-electron chi connectivity index (χ1n) is 10.5.